The number of para-hydroxylation sites is 1. The van der Waals surface area contributed by atoms with E-state index in [1.54, 1.807) is 0 Å². The largest absolute Gasteiger partial charge is 0.423 e. The summed E-state index contributed by atoms with van der Waals surface area (Å²) >= 11 is 0. The molecule has 3 nitrogen and oxygen atoms in total. The second-order valence-electron chi connectivity index (χ2n) is 10.7. The van der Waals surface area contributed by atoms with Crippen LogP contribution in [0, 0.1) is 0 Å². The summed E-state index contributed by atoms with van der Waals surface area (Å²) in [4.78, 5) is 13.1. The lowest BCUT2D eigenvalue weighted by Crippen LogP contribution is -2.11. The summed E-state index contributed by atoms with van der Waals surface area (Å²) in [6.07, 6.45) is 12.0. The van der Waals surface area contributed by atoms with E-state index in [2.05, 4.69) is 58.0 Å². The maximum absolute atomic E-state index is 13.1. The van der Waals surface area contributed by atoms with Crippen LogP contribution >= 0.6 is 0 Å². The highest BCUT2D eigenvalue weighted by Gasteiger charge is 2.18. The number of rotatable bonds is 17. The fourth-order valence-electron chi connectivity index (χ4n) is 5.13. The zero-order chi connectivity index (χ0) is 27.9. The summed E-state index contributed by atoms with van der Waals surface area (Å²) in [6.45, 7) is 9.61. The third-order valence-corrected chi connectivity index (χ3v) is 7.55. The van der Waals surface area contributed by atoms with Crippen molar-refractivity contribution >= 4 is 5.97 Å². The summed E-state index contributed by atoms with van der Waals surface area (Å²) in [6, 6.07) is 24.3. The number of benzene rings is 3. The normalized spacial score (nSPS) is 12.7. The Balaban J connectivity index is 1.60. The van der Waals surface area contributed by atoms with Crippen LogP contribution < -0.4 is 4.74 Å². The van der Waals surface area contributed by atoms with Gasteiger partial charge in [-0.1, -0.05) is 120 Å². The molecule has 0 saturated carbocycles. The molecule has 0 radical (unpaired) electrons. The Bertz CT molecular complexity index is 1100. The van der Waals surface area contributed by atoms with Crippen LogP contribution in [0.25, 0.3) is 11.1 Å². The molecule has 210 valence electrons. The molecule has 0 aliphatic rings. The molecule has 0 saturated heterocycles. The molecular formula is C36H48O3. The van der Waals surface area contributed by atoms with E-state index < -0.39 is 0 Å². The van der Waals surface area contributed by atoms with Crippen molar-refractivity contribution in [1.82, 2.24) is 0 Å². The molecule has 0 heterocycles. The fraction of sp³-hybridized carbons (Fsp3) is 0.472. The van der Waals surface area contributed by atoms with Crippen LogP contribution in [-0.4, -0.2) is 12.6 Å². The minimum atomic E-state index is -0.309. The number of unbranched alkanes of at least 4 members (excludes halogenated alkanes) is 5. The summed E-state index contributed by atoms with van der Waals surface area (Å²) in [5.41, 5.74) is 5.09. The molecule has 0 aromatic heterocycles. The lowest BCUT2D eigenvalue weighted by molar-refractivity contribution is 0.0627. The maximum atomic E-state index is 13.1. The van der Waals surface area contributed by atoms with Crippen molar-refractivity contribution in [3.05, 3.63) is 89.5 Å². The molecule has 2 atom stereocenters. The van der Waals surface area contributed by atoms with Gasteiger partial charge in [0.05, 0.1) is 11.7 Å². The van der Waals surface area contributed by atoms with E-state index in [0.29, 0.717) is 17.2 Å². The second kappa shape index (κ2) is 16.9. The average Bonchev–Trinajstić information content (AvgIpc) is 2.97. The van der Waals surface area contributed by atoms with Gasteiger partial charge in [-0.15, -0.1) is 0 Å². The molecule has 3 rings (SSSR count). The number of carbonyl (C=O) groups is 1. The topological polar surface area (TPSA) is 35.5 Å². The number of ether oxygens (including phenoxy) is 2. The smallest absolute Gasteiger partial charge is 0.343 e. The van der Waals surface area contributed by atoms with E-state index >= 15 is 0 Å². The molecule has 0 aliphatic carbocycles. The van der Waals surface area contributed by atoms with Gasteiger partial charge in [-0.2, -0.15) is 0 Å². The number of carbonyl (C=O) groups excluding carboxylic acids is 1. The quantitative estimate of drug-likeness (QED) is 0.0993. The third kappa shape index (κ3) is 9.65. The summed E-state index contributed by atoms with van der Waals surface area (Å²) in [7, 11) is 0. The summed E-state index contributed by atoms with van der Waals surface area (Å²) in [5, 5.41) is 0. The fourth-order valence-corrected chi connectivity index (χ4v) is 5.13. The number of hydrogen-bond donors (Lipinski definition) is 0. The lowest BCUT2D eigenvalue weighted by Gasteiger charge is -2.19. The average molecular weight is 529 g/mol. The van der Waals surface area contributed by atoms with E-state index in [9.17, 15) is 4.79 Å². The van der Waals surface area contributed by atoms with Gasteiger partial charge >= 0.3 is 5.97 Å². The first-order valence-electron chi connectivity index (χ1n) is 15.2. The predicted molar refractivity (Wildman–Crippen MR) is 164 cm³/mol. The van der Waals surface area contributed by atoms with Gasteiger partial charge in [0.25, 0.3) is 0 Å². The SMILES string of the molecule is CCCCCCCOC(C)c1ccc(-c2ccc(C(=O)Oc3ccccc3C(CCC)CCCC)cc2)cc1. The second-order valence-corrected chi connectivity index (χ2v) is 10.7. The van der Waals surface area contributed by atoms with Crippen LogP contribution in [-0.2, 0) is 4.74 Å². The standard InChI is InChI=1S/C36H48O3/c1-5-8-10-11-14-27-38-28(4)29-19-21-30(22-20-29)31-23-25-33(26-24-31)36(37)39-35-18-13-12-17-34(35)32(15-7-3)16-9-6-2/h12-13,17-26,28,32H,5-11,14-16,27H2,1-4H3. The van der Waals surface area contributed by atoms with E-state index in [1.165, 1.54) is 44.1 Å². The zero-order valence-electron chi connectivity index (χ0n) is 24.6. The third-order valence-electron chi connectivity index (χ3n) is 7.55. The van der Waals surface area contributed by atoms with Gasteiger partial charge in [0.1, 0.15) is 5.75 Å². The van der Waals surface area contributed by atoms with Crippen molar-refractivity contribution < 1.29 is 14.3 Å². The predicted octanol–water partition coefficient (Wildman–Crippen LogP) is 10.7. The van der Waals surface area contributed by atoms with E-state index in [1.807, 2.05) is 42.5 Å². The van der Waals surface area contributed by atoms with Gasteiger partial charge in [-0.3, -0.25) is 0 Å². The molecule has 0 aliphatic heterocycles. The Morgan fingerprint density at radius 3 is 2.00 bits per heavy atom. The first-order valence-corrected chi connectivity index (χ1v) is 15.2. The molecule has 3 heteroatoms. The molecule has 39 heavy (non-hydrogen) atoms. The van der Waals surface area contributed by atoms with Crippen LogP contribution in [0.4, 0.5) is 0 Å². The highest BCUT2D eigenvalue weighted by Crippen LogP contribution is 2.34. The van der Waals surface area contributed by atoms with Crippen LogP contribution in [0.5, 0.6) is 5.75 Å². The monoisotopic (exact) mass is 528 g/mol. The maximum Gasteiger partial charge on any atom is 0.343 e. The van der Waals surface area contributed by atoms with Gasteiger partial charge in [-0.25, -0.2) is 4.79 Å². The summed E-state index contributed by atoms with van der Waals surface area (Å²) < 4.78 is 12.0. The first-order chi connectivity index (χ1) is 19.1. The van der Waals surface area contributed by atoms with Gasteiger partial charge < -0.3 is 9.47 Å². The van der Waals surface area contributed by atoms with Crippen molar-refractivity contribution in [3.63, 3.8) is 0 Å². The van der Waals surface area contributed by atoms with Crippen molar-refractivity contribution in [3.8, 4) is 16.9 Å². The van der Waals surface area contributed by atoms with Crippen LogP contribution in [0.1, 0.15) is 125 Å². The Hall–Kier alpha value is -2.91. The Morgan fingerprint density at radius 2 is 1.33 bits per heavy atom. The van der Waals surface area contributed by atoms with Crippen molar-refractivity contribution in [1.29, 1.82) is 0 Å². The highest BCUT2D eigenvalue weighted by molar-refractivity contribution is 5.91. The van der Waals surface area contributed by atoms with Gasteiger partial charge in [0, 0.05) is 6.61 Å². The van der Waals surface area contributed by atoms with Gasteiger partial charge in [0.15, 0.2) is 0 Å². The van der Waals surface area contributed by atoms with E-state index in [-0.39, 0.29) is 12.1 Å². The molecule has 2 unspecified atom stereocenters. The molecule has 0 spiro atoms. The van der Waals surface area contributed by atoms with Crippen LogP contribution in [0.3, 0.4) is 0 Å². The number of hydrogen-bond acceptors (Lipinski definition) is 3. The molecule has 0 fully saturated rings. The van der Waals surface area contributed by atoms with Crippen LogP contribution in [0.15, 0.2) is 72.8 Å². The Kier molecular flexibility index (Phi) is 13.3. The summed E-state index contributed by atoms with van der Waals surface area (Å²) in [5.74, 6) is 0.799. The van der Waals surface area contributed by atoms with Crippen molar-refractivity contribution in [2.75, 3.05) is 6.61 Å². The van der Waals surface area contributed by atoms with Crippen molar-refractivity contribution in [2.45, 2.75) is 104 Å². The molecule has 3 aromatic carbocycles. The van der Waals surface area contributed by atoms with E-state index in [0.717, 1.165) is 49.0 Å². The molecular weight excluding hydrogens is 480 g/mol. The van der Waals surface area contributed by atoms with Gasteiger partial charge in [-0.05, 0) is 72.6 Å². The highest BCUT2D eigenvalue weighted by atomic mass is 16.5. The molecule has 0 amide bonds. The van der Waals surface area contributed by atoms with E-state index in [4.69, 9.17) is 9.47 Å². The van der Waals surface area contributed by atoms with Gasteiger partial charge in [0.2, 0.25) is 0 Å². The number of esters is 1. The molecule has 3 aromatic rings. The lowest BCUT2D eigenvalue weighted by atomic mass is 9.89. The first kappa shape index (κ1) is 30.6. The molecule has 0 N–H and O–H groups in total. The van der Waals surface area contributed by atoms with Crippen molar-refractivity contribution in [2.24, 2.45) is 0 Å². The zero-order valence-corrected chi connectivity index (χ0v) is 24.6. The Morgan fingerprint density at radius 1 is 0.692 bits per heavy atom. The Labute approximate surface area is 237 Å². The minimum Gasteiger partial charge on any atom is -0.423 e. The molecule has 0 bridgehead atoms. The van der Waals surface area contributed by atoms with Crippen LogP contribution in [0.2, 0.25) is 0 Å². The minimum absolute atomic E-state index is 0.0872.